The molecule has 0 bridgehead atoms. The van der Waals surface area contributed by atoms with Crippen molar-refractivity contribution in [3.8, 4) is 0 Å². The van der Waals surface area contributed by atoms with Gasteiger partial charge in [0.2, 0.25) is 0 Å². The number of alkyl halides is 3. The molecule has 1 atom stereocenters. The number of ether oxygens (including phenoxy) is 1. The average molecular weight is 437 g/mol. The van der Waals surface area contributed by atoms with Crippen LogP contribution >= 0.6 is 11.6 Å². The van der Waals surface area contributed by atoms with Gasteiger partial charge in [0.1, 0.15) is 0 Å². The fourth-order valence-corrected chi connectivity index (χ4v) is 3.61. The Morgan fingerprint density at radius 2 is 1.86 bits per heavy atom. The van der Waals surface area contributed by atoms with Crippen LogP contribution in [0.15, 0.2) is 24.3 Å². The molecule has 10 heteroatoms. The predicted octanol–water partition coefficient (Wildman–Crippen LogP) is 3.30. The maximum atomic E-state index is 12.5. The van der Waals surface area contributed by atoms with Gasteiger partial charge in [0.25, 0.3) is 5.91 Å². The summed E-state index contributed by atoms with van der Waals surface area (Å²) in [4.78, 5) is 25.6. The number of rotatable bonds is 2. The van der Waals surface area contributed by atoms with Gasteiger partial charge in [-0.3, -0.25) is 4.79 Å². The van der Waals surface area contributed by atoms with Gasteiger partial charge in [-0.05, 0) is 51.6 Å². The van der Waals surface area contributed by atoms with Gasteiger partial charge in [-0.1, -0.05) is 17.7 Å². The Bertz CT molecular complexity index is 734. The lowest BCUT2D eigenvalue weighted by Crippen LogP contribution is -2.46. The summed E-state index contributed by atoms with van der Waals surface area (Å²) in [7, 11) is 4.20. The molecular weight excluding hydrogens is 413 g/mol. The zero-order valence-electron chi connectivity index (χ0n) is 16.2. The third-order valence-corrected chi connectivity index (χ3v) is 5.43. The molecule has 1 aromatic rings. The molecule has 2 heterocycles. The molecule has 162 valence electrons. The summed E-state index contributed by atoms with van der Waals surface area (Å²) in [5.74, 6) is -2.69. The standard InChI is InChI=1S/C17H23ClN2O2.C2HF3O2/c1-19(2)15-11-17(22-12-15)6-8-20(9-7-17)16(21)13-4-3-5-14(18)10-13;3-2(4,5)1(6)7/h3-5,10,15H,6-9,11-12H2,1-2H3;(H,6,7). The molecule has 2 fully saturated rings. The van der Waals surface area contributed by atoms with E-state index in [0.29, 0.717) is 16.6 Å². The van der Waals surface area contributed by atoms with Crippen molar-refractivity contribution in [3.05, 3.63) is 34.9 Å². The molecule has 0 radical (unpaired) electrons. The highest BCUT2D eigenvalue weighted by molar-refractivity contribution is 6.30. The van der Waals surface area contributed by atoms with Crippen molar-refractivity contribution in [3.63, 3.8) is 0 Å². The Labute approximate surface area is 172 Å². The fourth-order valence-electron chi connectivity index (χ4n) is 3.42. The molecule has 3 rings (SSSR count). The Kier molecular flexibility index (Phi) is 7.53. The van der Waals surface area contributed by atoms with Gasteiger partial charge in [0.15, 0.2) is 0 Å². The second kappa shape index (κ2) is 9.32. The minimum Gasteiger partial charge on any atom is -0.475 e. The first-order valence-electron chi connectivity index (χ1n) is 9.09. The Morgan fingerprint density at radius 3 is 2.31 bits per heavy atom. The second-order valence-corrected chi connectivity index (χ2v) is 7.86. The predicted molar refractivity (Wildman–Crippen MR) is 101 cm³/mol. The van der Waals surface area contributed by atoms with Crippen LogP contribution in [0.2, 0.25) is 5.02 Å². The summed E-state index contributed by atoms with van der Waals surface area (Å²) in [6, 6.07) is 7.67. The summed E-state index contributed by atoms with van der Waals surface area (Å²) < 4.78 is 37.8. The first-order valence-corrected chi connectivity index (χ1v) is 9.47. The molecule has 0 aromatic heterocycles. The van der Waals surface area contributed by atoms with Gasteiger partial charge in [0, 0.05) is 29.7 Å². The van der Waals surface area contributed by atoms with Crippen LogP contribution in [-0.4, -0.2) is 78.4 Å². The van der Waals surface area contributed by atoms with Crippen molar-refractivity contribution in [2.24, 2.45) is 0 Å². The molecule has 1 aromatic carbocycles. The number of piperidine rings is 1. The van der Waals surface area contributed by atoms with E-state index in [9.17, 15) is 18.0 Å². The highest BCUT2D eigenvalue weighted by Gasteiger charge is 2.44. The number of likely N-dealkylation sites (tertiary alicyclic amines) is 1. The van der Waals surface area contributed by atoms with E-state index in [4.69, 9.17) is 26.2 Å². The second-order valence-electron chi connectivity index (χ2n) is 7.42. The maximum Gasteiger partial charge on any atom is 0.490 e. The number of hydrogen-bond donors (Lipinski definition) is 1. The van der Waals surface area contributed by atoms with Crippen molar-refractivity contribution >= 4 is 23.5 Å². The van der Waals surface area contributed by atoms with Crippen LogP contribution < -0.4 is 0 Å². The monoisotopic (exact) mass is 436 g/mol. The summed E-state index contributed by atoms with van der Waals surface area (Å²) in [6.07, 6.45) is -2.17. The number of amides is 1. The van der Waals surface area contributed by atoms with Gasteiger partial charge in [-0.25, -0.2) is 4.79 Å². The number of carboxylic acid groups (broad SMARTS) is 1. The Balaban J connectivity index is 0.000000370. The number of benzene rings is 1. The summed E-state index contributed by atoms with van der Waals surface area (Å²) in [5, 5.41) is 7.73. The van der Waals surface area contributed by atoms with Gasteiger partial charge < -0.3 is 19.6 Å². The van der Waals surface area contributed by atoms with E-state index in [1.807, 2.05) is 17.0 Å². The van der Waals surface area contributed by atoms with Crippen molar-refractivity contribution < 1.29 is 32.6 Å². The summed E-state index contributed by atoms with van der Waals surface area (Å²) in [5.41, 5.74) is 0.641. The summed E-state index contributed by atoms with van der Waals surface area (Å²) >= 11 is 5.98. The van der Waals surface area contributed by atoms with E-state index in [1.54, 1.807) is 12.1 Å². The molecule has 6 nitrogen and oxygen atoms in total. The molecule has 29 heavy (non-hydrogen) atoms. The van der Waals surface area contributed by atoms with Gasteiger partial charge in [-0.2, -0.15) is 13.2 Å². The molecule has 2 aliphatic heterocycles. The van der Waals surface area contributed by atoms with Crippen LogP contribution in [0.4, 0.5) is 13.2 Å². The SMILES string of the molecule is CN(C)C1COC2(CCN(C(=O)c3cccc(Cl)c3)CC2)C1.O=C(O)C(F)(F)F. The van der Waals surface area contributed by atoms with Crippen molar-refractivity contribution in [1.82, 2.24) is 9.80 Å². The van der Waals surface area contributed by atoms with Crippen LogP contribution in [-0.2, 0) is 9.53 Å². The van der Waals surface area contributed by atoms with E-state index in [2.05, 4.69) is 19.0 Å². The smallest absolute Gasteiger partial charge is 0.475 e. The van der Waals surface area contributed by atoms with Crippen molar-refractivity contribution in [2.75, 3.05) is 33.8 Å². The lowest BCUT2D eigenvalue weighted by atomic mass is 9.87. The quantitative estimate of drug-likeness (QED) is 0.770. The van der Waals surface area contributed by atoms with E-state index in [1.165, 1.54) is 0 Å². The average Bonchev–Trinajstić information content (AvgIpc) is 3.05. The minimum absolute atomic E-state index is 0.0277. The zero-order valence-corrected chi connectivity index (χ0v) is 17.0. The van der Waals surface area contributed by atoms with E-state index < -0.39 is 12.1 Å². The van der Waals surface area contributed by atoms with E-state index in [0.717, 1.165) is 39.0 Å². The maximum absolute atomic E-state index is 12.5. The molecular formula is C19H24ClF3N2O4. The third kappa shape index (κ3) is 6.32. The van der Waals surface area contributed by atoms with Gasteiger partial charge in [-0.15, -0.1) is 0 Å². The first kappa shape index (κ1) is 23.4. The Morgan fingerprint density at radius 1 is 1.28 bits per heavy atom. The van der Waals surface area contributed by atoms with Crippen molar-refractivity contribution in [1.29, 1.82) is 0 Å². The normalized spacial score (nSPS) is 21.1. The lowest BCUT2D eigenvalue weighted by molar-refractivity contribution is -0.192. The molecule has 1 amide bonds. The van der Waals surface area contributed by atoms with Crippen LogP contribution in [0.1, 0.15) is 29.6 Å². The number of hydrogen-bond acceptors (Lipinski definition) is 4. The van der Waals surface area contributed by atoms with Crippen LogP contribution in [0.5, 0.6) is 0 Å². The van der Waals surface area contributed by atoms with E-state index in [-0.39, 0.29) is 11.5 Å². The first-order chi connectivity index (χ1) is 13.4. The number of halogens is 4. The molecule has 1 unspecified atom stereocenters. The third-order valence-electron chi connectivity index (χ3n) is 5.20. The van der Waals surface area contributed by atoms with Gasteiger partial charge in [0.05, 0.1) is 12.2 Å². The number of carbonyl (C=O) groups excluding carboxylic acids is 1. The molecule has 2 saturated heterocycles. The number of aliphatic carboxylic acids is 1. The topological polar surface area (TPSA) is 70.1 Å². The number of nitrogens with zero attached hydrogens (tertiary/aromatic N) is 2. The van der Waals surface area contributed by atoms with Crippen LogP contribution in [0.25, 0.3) is 0 Å². The summed E-state index contributed by atoms with van der Waals surface area (Å²) in [6.45, 7) is 2.31. The van der Waals surface area contributed by atoms with Crippen LogP contribution in [0, 0.1) is 0 Å². The number of likely N-dealkylation sites (N-methyl/N-ethyl adjacent to an activating group) is 1. The minimum atomic E-state index is -5.08. The molecule has 2 aliphatic rings. The molecule has 0 saturated carbocycles. The highest BCUT2D eigenvalue weighted by Crippen LogP contribution is 2.37. The fraction of sp³-hybridized carbons (Fsp3) is 0.579. The van der Waals surface area contributed by atoms with Crippen LogP contribution in [0.3, 0.4) is 0 Å². The number of carbonyl (C=O) groups is 2. The highest BCUT2D eigenvalue weighted by atomic mass is 35.5. The van der Waals surface area contributed by atoms with Crippen molar-refractivity contribution in [2.45, 2.75) is 37.1 Å². The lowest BCUT2D eigenvalue weighted by Gasteiger charge is -2.39. The largest absolute Gasteiger partial charge is 0.490 e. The van der Waals surface area contributed by atoms with Gasteiger partial charge >= 0.3 is 12.1 Å². The number of carboxylic acids is 1. The zero-order chi connectivity index (χ0) is 21.8. The molecule has 1 N–H and O–H groups in total. The van der Waals surface area contributed by atoms with E-state index >= 15 is 0 Å². The Hall–Kier alpha value is -1.84. The molecule has 1 spiro atoms. The molecule has 0 aliphatic carbocycles.